The number of ether oxygens (including phenoxy) is 1. The summed E-state index contributed by atoms with van der Waals surface area (Å²) in [5.74, 6) is -0.428. The van der Waals surface area contributed by atoms with Gasteiger partial charge in [-0.2, -0.15) is 4.98 Å². The van der Waals surface area contributed by atoms with Gasteiger partial charge in [-0.1, -0.05) is 12.1 Å². The summed E-state index contributed by atoms with van der Waals surface area (Å²) in [4.78, 5) is 16.9. The minimum atomic E-state index is -0.984. The van der Waals surface area contributed by atoms with Crippen molar-refractivity contribution in [3.63, 3.8) is 0 Å². The van der Waals surface area contributed by atoms with E-state index in [2.05, 4.69) is 22.0 Å². The molecule has 2 rings (SSSR count). The van der Waals surface area contributed by atoms with Gasteiger partial charge in [0.25, 0.3) is 0 Å². The first-order valence-electron chi connectivity index (χ1n) is 6.07. The number of aliphatic carboxylic acids is 1. The van der Waals surface area contributed by atoms with E-state index in [1.807, 2.05) is 0 Å². The molecule has 0 radical (unpaired) electrons. The first-order valence-corrected chi connectivity index (χ1v) is 6.07. The summed E-state index contributed by atoms with van der Waals surface area (Å²) in [6.45, 7) is 5.40. The summed E-state index contributed by atoms with van der Waals surface area (Å²) >= 11 is 0. The molecule has 2 heterocycles. The van der Waals surface area contributed by atoms with E-state index in [1.54, 1.807) is 0 Å². The molecule has 1 aliphatic rings. The first-order chi connectivity index (χ1) is 8.69. The van der Waals surface area contributed by atoms with Crippen molar-refractivity contribution in [2.24, 2.45) is 0 Å². The number of rotatable bonds is 5. The first kappa shape index (κ1) is 13.0. The standard InChI is InChI=1S/C11H17N3O4/c1-2-3-14-4-5-17-8(7-14)11-12-9(18-13-11)6-10(15)16/h8H,2-7H2,1H3,(H,15,16). The van der Waals surface area contributed by atoms with Crippen molar-refractivity contribution in [3.8, 4) is 0 Å². The zero-order valence-electron chi connectivity index (χ0n) is 10.3. The van der Waals surface area contributed by atoms with Crippen LogP contribution in [0.1, 0.15) is 31.2 Å². The molecule has 18 heavy (non-hydrogen) atoms. The number of morpholine rings is 1. The fourth-order valence-corrected chi connectivity index (χ4v) is 1.98. The highest BCUT2D eigenvalue weighted by atomic mass is 16.5. The summed E-state index contributed by atoms with van der Waals surface area (Å²) in [6, 6.07) is 0. The van der Waals surface area contributed by atoms with Gasteiger partial charge in [-0.3, -0.25) is 9.69 Å². The third-order valence-corrected chi connectivity index (χ3v) is 2.76. The third-order valence-electron chi connectivity index (χ3n) is 2.76. The van der Waals surface area contributed by atoms with E-state index in [4.69, 9.17) is 14.4 Å². The van der Waals surface area contributed by atoms with Gasteiger partial charge in [0.15, 0.2) is 0 Å². The molecule has 1 saturated heterocycles. The highest BCUT2D eigenvalue weighted by Crippen LogP contribution is 2.19. The highest BCUT2D eigenvalue weighted by molar-refractivity contribution is 5.68. The van der Waals surface area contributed by atoms with Gasteiger partial charge in [-0.15, -0.1) is 0 Å². The van der Waals surface area contributed by atoms with Gasteiger partial charge >= 0.3 is 5.97 Å². The van der Waals surface area contributed by atoms with Crippen LogP contribution >= 0.6 is 0 Å². The van der Waals surface area contributed by atoms with Crippen LogP contribution in [-0.2, 0) is 16.0 Å². The van der Waals surface area contributed by atoms with E-state index in [1.165, 1.54) is 0 Å². The summed E-state index contributed by atoms with van der Waals surface area (Å²) in [5, 5.41) is 12.4. The fourth-order valence-electron chi connectivity index (χ4n) is 1.98. The molecule has 0 aliphatic carbocycles. The van der Waals surface area contributed by atoms with Crippen LogP contribution in [0, 0.1) is 0 Å². The van der Waals surface area contributed by atoms with Crippen LogP contribution < -0.4 is 0 Å². The Kier molecular flexibility index (Phi) is 4.27. The number of aromatic nitrogens is 2. The van der Waals surface area contributed by atoms with Crippen LogP contribution in [0.3, 0.4) is 0 Å². The van der Waals surface area contributed by atoms with Crippen molar-refractivity contribution < 1.29 is 19.2 Å². The predicted molar refractivity (Wildman–Crippen MR) is 61.1 cm³/mol. The molecule has 1 aromatic heterocycles. The van der Waals surface area contributed by atoms with Gasteiger partial charge in [-0.05, 0) is 13.0 Å². The van der Waals surface area contributed by atoms with Crippen molar-refractivity contribution >= 4 is 5.97 Å². The lowest BCUT2D eigenvalue weighted by molar-refractivity contribution is -0.136. The maximum absolute atomic E-state index is 10.5. The largest absolute Gasteiger partial charge is 0.481 e. The molecule has 7 nitrogen and oxygen atoms in total. The van der Waals surface area contributed by atoms with Crippen LogP contribution in [0.2, 0.25) is 0 Å². The maximum atomic E-state index is 10.5. The predicted octanol–water partition coefficient (Wildman–Crippen LogP) is 0.480. The van der Waals surface area contributed by atoms with E-state index < -0.39 is 5.97 Å². The van der Waals surface area contributed by atoms with Gasteiger partial charge in [0.1, 0.15) is 12.5 Å². The molecule has 0 bridgehead atoms. The second-order valence-electron chi connectivity index (χ2n) is 4.28. The molecule has 0 aromatic carbocycles. The smallest absolute Gasteiger partial charge is 0.312 e. The monoisotopic (exact) mass is 255 g/mol. The van der Waals surface area contributed by atoms with Gasteiger partial charge in [0.2, 0.25) is 11.7 Å². The Morgan fingerprint density at radius 3 is 3.17 bits per heavy atom. The molecule has 1 N–H and O–H groups in total. The third kappa shape index (κ3) is 3.27. The fraction of sp³-hybridized carbons (Fsp3) is 0.727. The lowest BCUT2D eigenvalue weighted by Crippen LogP contribution is -2.39. The number of nitrogens with zero attached hydrogens (tertiary/aromatic N) is 3. The zero-order valence-corrected chi connectivity index (χ0v) is 10.3. The molecule has 1 fully saturated rings. The normalized spacial score (nSPS) is 21.1. The molecule has 1 aromatic rings. The number of hydrogen-bond acceptors (Lipinski definition) is 6. The van der Waals surface area contributed by atoms with Crippen molar-refractivity contribution in [3.05, 3.63) is 11.7 Å². The molecular formula is C11H17N3O4. The topological polar surface area (TPSA) is 88.7 Å². The summed E-state index contributed by atoms with van der Waals surface area (Å²) in [6.07, 6.45) is 0.610. The second kappa shape index (κ2) is 5.92. The lowest BCUT2D eigenvalue weighted by Gasteiger charge is -2.30. The number of carbonyl (C=O) groups is 1. The SMILES string of the molecule is CCCN1CCOC(c2noc(CC(=O)O)n2)C1. The Bertz CT molecular complexity index is 405. The molecule has 7 heteroatoms. The van der Waals surface area contributed by atoms with E-state index in [9.17, 15) is 4.79 Å². The van der Waals surface area contributed by atoms with Crippen molar-refractivity contribution in [1.29, 1.82) is 0 Å². The summed E-state index contributed by atoms with van der Waals surface area (Å²) < 4.78 is 10.5. The summed E-state index contributed by atoms with van der Waals surface area (Å²) in [7, 11) is 0. The number of hydrogen-bond donors (Lipinski definition) is 1. The minimum absolute atomic E-state index is 0.119. The molecule has 1 unspecified atom stereocenters. The van der Waals surface area contributed by atoms with Crippen LogP contribution in [0.5, 0.6) is 0 Å². The molecule has 0 spiro atoms. The average Bonchev–Trinajstić information content (AvgIpc) is 2.77. The Hall–Kier alpha value is -1.47. The van der Waals surface area contributed by atoms with Crippen LogP contribution in [0.25, 0.3) is 0 Å². The van der Waals surface area contributed by atoms with Gasteiger partial charge < -0.3 is 14.4 Å². The Labute approximate surface area is 105 Å². The number of carboxylic acids is 1. The van der Waals surface area contributed by atoms with E-state index in [0.717, 1.165) is 26.1 Å². The van der Waals surface area contributed by atoms with Crippen molar-refractivity contribution in [2.75, 3.05) is 26.2 Å². The van der Waals surface area contributed by atoms with Crippen molar-refractivity contribution in [2.45, 2.75) is 25.9 Å². The molecule has 1 aliphatic heterocycles. The zero-order chi connectivity index (χ0) is 13.0. The van der Waals surface area contributed by atoms with Gasteiger partial charge in [-0.25, -0.2) is 0 Å². The van der Waals surface area contributed by atoms with E-state index >= 15 is 0 Å². The molecule has 0 amide bonds. The van der Waals surface area contributed by atoms with Crippen LogP contribution in [-0.4, -0.2) is 52.4 Å². The van der Waals surface area contributed by atoms with Crippen LogP contribution in [0.4, 0.5) is 0 Å². The minimum Gasteiger partial charge on any atom is -0.481 e. The maximum Gasteiger partial charge on any atom is 0.312 e. The van der Waals surface area contributed by atoms with Gasteiger partial charge in [0.05, 0.1) is 6.61 Å². The van der Waals surface area contributed by atoms with Crippen molar-refractivity contribution in [1.82, 2.24) is 15.0 Å². The van der Waals surface area contributed by atoms with Gasteiger partial charge in [0, 0.05) is 13.1 Å². The quantitative estimate of drug-likeness (QED) is 0.818. The highest BCUT2D eigenvalue weighted by Gasteiger charge is 2.26. The molecular weight excluding hydrogens is 238 g/mol. The van der Waals surface area contributed by atoms with Crippen LogP contribution in [0.15, 0.2) is 4.52 Å². The van der Waals surface area contributed by atoms with E-state index in [0.29, 0.717) is 12.4 Å². The second-order valence-corrected chi connectivity index (χ2v) is 4.28. The Morgan fingerprint density at radius 2 is 2.44 bits per heavy atom. The average molecular weight is 255 g/mol. The molecule has 100 valence electrons. The number of carboxylic acid groups (broad SMARTS) is 1. The molecule has 1 atom stereocenters. The summed E-state index contributed by atoms with van der Waals surface area (Å²) in [5.41, 5.74) is 0. The Morgan fingerprint density at radius 1 is 1.61 bits per heavy atom. The lowest BCUT2D eigenvalue weighted by atomic mass is 10.2. The Balaban J connectivity index is 1.97. The van der Waals surface area contributed by atoms with E-state index in [-0.39, 0.29) is 18.4 Å². The molecule has 0 saturated carbocycles.